The maximum atomic E-state index is 12.4. The standard InChI is InChI=1S/C16H22BrNO2/c1-12(2)13-3-5-14(6-4-13)15(19)18-16(11-17)7-9-20-10-8-16/h3-6,12H,7-11H2,1-2H3,(H,18,19). The van der Waals surface area contributed by atoms with Crippen molar-refractivity contribution < 1.29 is 9.53 Å². The molecule has 1 fully saturated rings. The van der Waals surface area contributed by atoms with E-state index in [1.807, 2.05) is 24.3 Å². The molecule has 0 radical (unpaired) electrons. The fourth-order valence-corrected chi connectivity index (χ4v) is 3.09. The molecule has 1 aromatic carbocycles. The normalized spacial score (nSPS) is 18.0. The summed E-state index contributed by atoms with van der Waals surface area (Å²) in [6.07, 6.45) is 1.71. The van der Waals surface area contributed by atoms with Gasteiger partial charge in [0.05, 0.1) is 5.54 Å². The summed E-state index contributed by atoms with van der Waals surface area (Å²) < 4.78 is 5.38. The number of hydrogen-bond donors (Lipinski definition) is 1. The molecular formula is C16H22BrNO2. The first kappa shape index (κ1) is 15.5. The third kappa shape index (κ3) is 3.61. The number of rotatable bonds is 4. The fraction of sp³-hybridized carbons (Fsp3) is 0.562. The number of nitrogens with one attached hydrogen (secondary N) is 1. The van der Waals surface area contributed by atoms with E-state index in [-0.39, 0.29) is 11.4 Å². The molecule has 0 saturated carbocycles. The van der Waals surface area contributed by atoms with Crippen molar-refractivity contribution in [2.45, 2.75) is 38.1 Å². The SMILES string of the molecule is CC(C)c1ccc(C(=O)NC2(CBr)CCOCC2)cc1. The topological polar surface area (TPSA) is 38.3 Å². The number of benzene rings is 1. The van der Waals surface area contributed by atoms with Gasteiger partial charge in [0, 0.05) is 24.1 Å². The summed E-state index contributed by atoms with van der Waals surface area (Å²) in [4.78, 5) is 12.4. The summed E-state index contributed by atoms with van der Waals surface area (Å²) in [6, 6.07) is 7.88. The van der Waals surface area contributed by atoms with Crippen LogP contribution < -0.4 is 5.32 Å². The third-order valence-electron chi connectivity index (χ3n) is 3.92. The minimum atomic E-state index is -0.175. The third-order valence-corrected chi connectivity index (χ3v) is 5.00. The molecule has 2 rings (SSSR count). The zero-order valence-corrected chi connectivity index (χ0v) is 13.7. The van der Waals surface area contributed by atoms with Crippen LogP contribution in [0.2, 0.25) is 0 Å². The van der Waals surface area contributed by atoms with E-state index in [1.165, 1.54) is 5.56 Å². The zero-order valence-electron chi connectivity index (χ0n) is 12.1. The molecule has 1 heterocycles. The highest BCUT2D eigenvalue weighted by Gasteiger charge is 2.33. The lowest BCUT2D eigenvalue weighted by Crippen LogP contribution is -2.53. The van der Waals surface area contributed by atoms with Gasteiger partial charge in [-0.15, -0.1) is 0 Å². The van der Waals surface area contributed by atoms with E-state index < -0.39 is 0 Å². The number of carbonyl (C=O) groups is 1. The van der Waals surface area contributed by atoms with Gasteiger partial charge in [-0.3, -0.25) is 4.79 Å². The molecule has 0 atom stereocenters. The summed E-state index contributed by atoms with van der Waals surface area (Å²) in [5, 5.41) is 3.94. The number of ether oxygens (including phenoxy) is 1. The van der Waals surface area contributed by atoms with E-state index >= 15 is 0 Å². The van der Waals surface area contributed by atoms with Gasteiger partial charge in [0.25, 0.3) is 5.91 Å². The van der Waals surface area contributed by atoms with Crippen LogP contribution in [0.3, 0.4) is 0 Å². The van der Waals surface area contributed by atoms with Gasteiger partial charge in [-0.05, 0) is 36.5 Å². The average Bonchev–Trinajstić information content (AvgIpc) is 2.48. The summed E-state index contributed by atoms with van der Waals surface area (Å²) in [7, 11) is 0. The van der Waals surface area contributed by atoms with Crippen molar-refractivity contribution in [1.82, 2.24) is 5.32 Å². The molecule has 1 aliphatic heterocycles. The second-order valence-corrected chi connectivity index (χ2v) is 6.32. The first-order valence-electron chi connectivity index (χ1n) is 7.12. The predicted molar refractivity (Wildman–Crippen MR) is 84.6 cm³/mol. The highest BCUT2D eigenvalue weighted by atomic mass is 79.9. The van der Waals surface area contributed by atoms with Crippen LogP contribution in [0.4, 0.5) is 0 Å². The Balaban J connectivity index is 2.06. The Morgan fingerprint density at radius 1 is 1.30 bits per heavy atom. The van der Waals surface area contributed by atoms with Crippen molar-refractivity contribution in [2.24, 2.45) is 0 Å². The van der Waals surface area contributed by atoms with Crippen LogP contribution >= 0.6 is 15.9 Å². The molecule has 3 nitrogen and oxygen atoms in total. The first-order valence-corrected chi connectivity index (χ1v) is 8.25. The maximum absolute atomic E-state index is 12.4. The molecule has 110 valence electrons. The van der Waals surface area contributed by atoms with Gasteiger partial charge in [-0.2, -0.15) is 0 Å². The van der Waals surface area contributed by atoms with Crippen LogP contribution in [-0.2, 0) is 4.74 Å². The van der Waals surface area contributed by atoms with Crippen molar-refractivity contribution in [3.63, 3.8) is 0 Å². The van der Waals surface area contributed by atoms with Gasteiger partial charge < -0.3 is 10.1 Å². The van der Waals surface area contributed by atoms with Crippen molar-refractivity contribution in [2.75, 3.05) is 18.5 Å². The van der Waals surface area contributed by atoms with Gasteiger partial charge in [0.1, 0.15) is 0 Å². The second-order valence-electron chi connectivity index (χ2n) is 5.76. The van der Waals surface area contributed by atoms with E-state index in [2.05, 4.69) is 35.1 Å². The minimum absolute atomic E-state index is 0.00153. The van der Waals surface area contributed by atoms with Crippen LogP contribution in [0.25, 0.3) is 0 Å². The van der Waals surface area contributed by atoms with Crippen LogP contribution in [-0.4, -0.2) is 30.0 Å². The molecule has 20 heavy (non-hydrogen) atoms. The minimum Gasteiger partial charge on any atom is -0.381 e. The molecule has 0 unspecified atom stereocenters. The van der Waals surface area contributed by atoms with Gasteiger partial charge >= 0.3 is 0 Å². The lowest BCUT2D eigenvalue weighted by atomic mass is 9.92. The molecule has 1 aliphatic rings. The Labute approximate surface area is 129 Å². The quantitative estimate of drug-likeness (QED) is 0.852. The average molecular weight is 340 g/mol. The Morgan fingerprint density at radius 2 is 1.90 bits per heavy atom. The molecule has 1 saturated heterocycles. The van der Waals surface area contributed by atoms with Crippen LogP contribution in [0.15, 0.2) is 24.3 Å². The monoisotopic (exact) mass is 339 g/mol. The molecule has 0 aliphatic carbocycles. The van der Waals surface area contributed by atoms with Gasteiger partial charge in [0.2, 0.25) is 0 Å². The molecular weight excluding hydrogens is 318 g/mol. The summed E-state index contributed by atoms with van der Waals surface area (Å²) >= 11 is 3.53. The van der Waals surface area contributed by atoms with E-state index in [9.17, 15) is 4.79 Å². The van der Waals surface area contributed by atoms with Crippen molar-refractivity contribution in [3.8, 4) is 0 Å². The Hall–Kier alpha value is -0.870. The Morgan fingerprint density at radius 3 is 2.40 bits per heavy atom. The number of hydrogen-bond acceptors (Lipinski definition) is 2. The molecule has 1 aromatic rings. The number of amides is 1. The van der Waals surface area contributed by atoms with Crippen LogP contribution in [0.1, 0.15) is 48.5 Å². The lowest BCUT2D eigenvalue weighted by Gasteiger charge is -2.36. The van der Waals surface area contributed by atoms with Gasteiger partial charge in [0.15, 0.2) is 0 Å². The van der Waals surface area contributed by atoms with E-state index in [0.29, 0.717) is 19.1 Å². The smallest absolute Gasteiger partial charge is 0.251 e. The zero-order chi connectivity index (χ0) is 14.6. The number of carbonyl (C=O) groups excluding carboxylic acids is 1. The van der Waals surface area contributed by atoms with Gasteiger partial charge in [-0.1, -0.05) is 41.9 Å². The number of halogens is 1. The highest BCUT2D eigenvalue weighted by Crippen LogP contribution is 2.24. The second kappa shape index (κ2) is 6.72. The summed E-state index contributed by atoms with van der Waals surface area (Å²) in [6.45, 7) is 5.71. The highest BCUT2D eigenvalue weighted by molar-refractivity contribution is 9.09. The molecule has 0 spiro atoms. The predicted octanol–water partition coefficient (Wildman–Crippen LogP) is 3.48. The summed E-state index contributed by atoms with van der Waals surface area (Å²) in [5.41, 5.74) is 1.80. The molecule has 0 bridgehead atoms. The Bertz CT molecular complexity index is 450. The number of alkyl halides is 1. The first-order chi connectivity index (χ1) is 9.56. The Kier molecular flexibility index (Phi) is 5.22. The van der Waals surface area contributed by atoms with E-state index in [1.54, 1.807) is 0 Å². The molecule has 1 N–H and O–H groups in total. The molecule has 1 amide bonds. The molecule has 0 aromatic heterocycles. The molecule has 4 heteroatoms. The largest absolute Gasteiger partial charge is 0.381 e. The maximum Gasteiger partial charge on any atom is 0.251 e. The van der Waals surface area contributed by atoms with Crippen molar-refractivity contribution in [1.29, 1.82) is 0 Å². The van der Waals surface area contributed by atoms with Crippen molar-refractivity contribution >= 4 is 21.8 Å². The summed E-state index contributed by atoms with van der Waals surface area (Å²) in [5.74, 6) is 0.484. The van der Waals surface area contributed by atoms with Gasteiger partial charge in [-0.25, -0.2) is 0 Å². The van der Waals surface area contributed by atoms with Crippen LogP contribution in [0.5, 0.6) is 0 Å². The van der Waals surface area contributed by atoms with E-state index in [4.69, 9.17) is 4.74 Å². The van der Waals surface area contributed by atoms with E-state index in [0.717, 1.165) is 23.7 Å². The lowest BCUT2D eigenvalue weighted by molar-refractivity contribution is 0.0442. The fourth-order valence-electron chi connectivity index (χ4n) is 2.39. The van der Waals surface area contributed by atoms with Crippen molar-refractivity contribution in [3.05, 3.63) is 35.4 Å². The van der Waals surface area contributed by atoms with Crippen LogP contribution in [0, 0.1) is 0 Å².